The molecule has 2 aromatic rings. The summed E-state index contributed by atoms with van der Waals surface area (Å²) in [6.07, 6.45) is 6.54. The molecule has 2 aromatic carbocycles. The number of ether oxygens (including phenoxy) is 1. The number of hydrogen-bond acceptors (Lipinski definition) is 3. The number of aliphatic imine (C=N–C) groups is 1. The Morgan fingerprint density at radius 1 is 1.12 bits per heavy atom. The van der Waals surface area contributed by atoms with Crippen LogP contribution in [0.1, 0.15) is 73.0 Å². The highest BCUT2D eigenvalue weighted by Gasteiger charge is 2.43. The van der Waals surface area contributed by atoms with E-state index < -0.39 is 0 Å². The fraction of sp³-hybridized carbons (Fsp3) is 0.462. The Bertz CT molecular complexity index is 966. The Hall–Kier alpha value is -3.02. The summed E-state index contributed by atoms with van der Waals surface area (Å²) >= 11 is 0. The molecule has 6 heteroatoms. The highest BCUT2D eigenvalue weighted by atomic mass is 16.5. The molecule has 0 aromatic heterocycles. The Kier molecular flexibility index (Phi) is 6.98. The van der Waals surface area contributed by atoms with E-state index in [0.29, 0.717) is 18.7 Å². The summed E-state index contributed by atoms with van der Waals surface area (Å²) in [4.78, 5) is 16.7. The van der Waals surface area contributed by atoms with Gasteiger partial charge in [-0.05, 0) is 55.9 Å². The number of benzene rings is 2. The number of carbonyl (C=O) groups is 1. The molecular formula is C26H34N4O2. The molecule has 1 atom stereocenters. The molecule has 3 N–H and O–H groups in total. The lowest BCUT2D eigenvalue weighted by Gasteiger charge is -2.40. The van der Waals surface area contributed by atoms with Gasteiger partial charge in [0.05, 0.1) is 6.04 Å². The molecule has 0 saturated heterocycles. The topological polar surface area (TPSA) is 74.8 Å². The predicted octanol–water partition coefficient (Wildman–Crippen LogP) is 4.33. The zero-order valence-corrected chi connectivity index (χ0v) is 19.1. The number of para-hydroxylation sites is 1. The minimum absolute atomic E-state index is 0.0307. The molecule has 1 fully saturated rings. The van der Waals surface area contributed by atoms with Crippen LogP contribution in [0.3, 0.4) is 0 Å². The average molecular weight is 435 g/mol. The standard InChI is InChI=1S/C26H34N4O2/c1-3-15-28-24(31)20-10-8-9-19(16-20)18-29-25(27-2)30-22-17-26(13-6-7-14-26)32-23-12-5-4-11-21(22)23/h4-5,8-12,16,22H,3,6-7,13-15,17-18H2,1-2H3,(H,28,31)(H2,27,29,30). The van der Waals surface area contributed by atoms with E-state index in [-0.39, 0.29) is 17.6 Å². The fourth-order valence-corrected chi connectivity index (χ4v) is 4.78. The molecule has 170 valence electrons. The molecular weight excluding hydrogens is 400 g/mol. The van der Waals surface area contributed by atoms with Crippen LogP contribution in [0.2, 0.25) is 0 Å². The van der Waals surface area contributed by atoms with Crippen molar-refractivity contribution in [3.63, 3.8) is 0 Å². The monoisotopic (exact) mass is 434 g/mol. The van der Waals surface area contributed by atoms with Crippen molar-refractivity contribution in [2.75, 3.05) is 13.6 Å². The van der Waals surface area contributed by atoms with Crippen molar-refractivity contribution < 1.29 is 9.53 Å². The quantitative estimate of drug-likeness (QED) is 0.467. The van der Waals surface area contributed by atoms with Gasteiger partial charge in [0.25, 0.3) is 5.91 Å². The summed E-state index contributed by atoms with van der Waals surface area (Å²) in [6.45, 7) is 3.32. The molecule has 1 aliphatic carbocycles. The van der Waals surface area contributed by atoms with Gasteiger partial charge in [-0.2, -0.15) is 0 Å². The maximum Gasteiger partial charge on any atom is 0.251 e. The molecule has 1 spiro atoms. The second-order valence-corrected chi connectivity index (χ2v) is 8.81. The van der Waals surface area contributed by atoms with Crippen LogP contribution in [0.5, 0.6) is 5.75 Å². The van der Waals surface area contributed by atoms with Gasteiger partial charge < -0.3 is 20.7 Å². The van der Waals surface area contributed by atoms with Gasteiger partial charge in [-0.1, -0.05) is 37.3 Å². The Morgan fingerprint density at radius 2 is 1.94 bits per heavy atom. The lowest BCUT2D eigenvalue weighted by Crippen LogP contribution is -2.46. The summed E-state index contributed by atoms with van der Waals surface area (Å²) in [5.74, 6) is 1.71. The first-order chi connectivity index (χ1) is 15.6. The second kappa shape index (κ2) is 10.1. The third-order valence-corrected chi connectivity index (χ3v) is 6.43. The average Bonchev–Trinajstić information content (AvgIpc) is 3.27. The lowest BCUT2D eigenvalue weighted by molar-refractivity contribution is 0.0396. The third kappa shape index (κ3) is 5.06. The van der Waals surface area contributed by atoms with Gasteiger partial charge >= 0.3 is 0 Å². The van der Waals surface area contributed by atoms with E-state index in [9.17, 15) is 4.79 Å². The fourth-order valence-electron chi connectivity index (χ4n) is 4.78. The number of amides is 1. The first-order valence-corrected chi connectivity index (χ1v) is 11.7. The van der Waals surface area contributed by atoms with Crippen molar-refractivity contribution in [1.29, 1.82) is 0 Å². The van der Waals surface area contributed by atoms with Crippen LogP contribution in [0.4, 0.5) is 0 Å². The second-order valence-electron chi connectivity index (χ2n) is 8.81. The summed E-state index contributed by atoms with van der Waals surface area (Å²) in [5, 5.41) is 9.98. The van der Waals surface area contributed by atoms with E-state index in [1.54, 1.807) is 7.05 Å². The smallest absolute Gasteiger partial charge is 0.251 e. The van der Waals surface area contributed by atoms with Crippen LogP contribution < -0.4 is 20.7 Å². The summed E-state index contributed by atoms with van der Waals surface area (Å²) in [7, 11) is 1.79. The number of nitrogens with zero attached hydrogens (tertiary/aromatic N) is 1. The van der Waals surface area contributed by atoms with Crippen LogP contribution in [0.15, 0.2) is 53.5 Å². The number of carbonyl (C=O) groups excluding carboxylic acids is 1. The normalized spacial score (nSPS) is 19.2. The van der Waals surface area contributed by atoms with Crippen molar-refractivity contribution in [3.05, 3.63) is 65.2 Å². The predicted molar refractivity (Wildman–Crippen MR) is 128 cm³/mol. The summed E-state index contributed by atoms with van der Waals surface area (Å²) < 4.78 is 6.48. The van der Waals surface area contributed by atoms with Gasteiger partial charge in [0.1, 0.15) is 11.4 Å². The molecule has 4 rings (SSSR count). The largest absolute Gasteiger partial charge is 0.487 e. The maximum absolute atomic E-state index is 12.3. The number of fused-ring (bicyclic) bond motifs is 1. The van der Waals surface area contributed by atoms with Crippen LogP contribution in [0, 0.1) is 0 Å². The number of hydrogen-bond donors (Lipinski definition) is 3. The molecule has 1 unspecified atom stereocenters. The first kappa shape index (κ1) is 22.2. The number of guanidine groups is 1. The summed E-state index contributed by atoms with van der Waals surface area (Å²) in [5.41, 5.74) is 2.84. The van der Waals surface area contributed by atoms with E-state index in [0.717, 1.165) is 43.0 Å². The Morgan fingerprint density at radius 3 is 2.72 bits per heavy atom. The van der Waals surface area contributed by atoms with Crippen LogP contribution >= 0.6 is 0 Å². The van der Waals surface area contributed by atoms with Gasteiger partial charge in [-0.3, -0.25) is 9.79 Å². The highest BCUT2D eigenvalue weighted by molar-refractivity contribution is 5.94. The van der Waals surface area contributed by atoms with Crippen molar-refractivity contribution in [1.82, 2.24) is 16.0 Å². The van der Waals surface area contributed by atoms with E-state index in [1.165, 1.54) is 18.4 Å². The minimum atomic E-state index is -0.0644. The van der Waals surface area contributed by atoms with E-state index >= 15 is 0 Å². The van der Waals surface area contributed by atoms with E-state index in [2.05, 4.69) is 39.1 Å². The summed E-state index contributed by atoms with van der Waals surface area (Å²) in [6, 6.07) is 16.2. The van der Waals surface area contributed by atoms with Gasteiger partial charge in [-0.15, -0.1) is 0 Å². The van der Waals surface area contributed by atoms with Crippen molar-refractivity contribution in [2.45, 2.75) is 63.6 Å². The molecule has 0 bridgehead atoms. The van der Waals surface area contributed by atoms with Gasteiger partial charge in [0.2, 0.25) is 0 Å². The minimum Gasteiger partial charge on any atom is -0.487 e. The Labute approximate surface area is 190 Å². The number of rotatable bonds is 6. The number of nitrogens with one attached hydrogen (secondary N) is 3. The molecule has 1 saturated carbocycles. The van der Waals surface area contributed by atoms with Crippen LogP contribution in [-0.2, 0) is 6.54 Å². The van der Waals surface area contributed by atoms with Crippen molar-refractivity contribution in [2.24, 2.45) is 4.99 Å². The third-order valence-electron chi connectivity index (χ3n) is 6.43. The lowest BCUT2D eigenvalue weighted by atomic mass is 9.86. The van der Waals surface area contributed by atoms with Gasteiger partial charge in [0.15, 0.2) is 5.96 Å². The molecule has 2 aliphatic rings. The Balaban J connectivity index is 1.42. The maximum atomic E-state index is 12.3. The van der Waals surface area contributed by atoms with E-state index in [1.807, 2.05) is 37.3 Å². The molecule has 1 amide bonds. The van der Waals surface area contributed by atoms with Crippen molar-refractivity contribution in [3.8, 4) is 5.75 Å². The van der Waals surface area contributed by atoms with Crippen LogP contribution in [0.25, 0.3) is 0 Å². The van der Waals surface area contributed by atoms with E-state index in [4.69, 9.17) is 4.74 Å². The zero-order chi connectivity index (χ0) is 22.4. The van der Waals surface area contributed by atoms with Gasteiger partial charge in [-0.25, -0.2) is 0 Å². The first-order valence-electron chi connectivity index (χ1n) is 11.7. The highest BCUT2D eigenvalue weighted by Crippen LogP contribution is 2.46. The van der Waals surface area contributed by atoms with Crippen molar-refractivity contribution >= 4 is 11.9 Å². The molecule has 32 heavy (non-hydrogen) atoms. The molecule has 0 radical (unpaired) electrons. The van der Waals surface area contributed by atoms with Gasteiger partial charge in [0, 0.05) is 37.7 Å². The van der Waals surface area contributed by atoms with Crippen LogP contribution in [-0.4, -0.2) is 31.1 Å². The molecule has 1 aliphatic heterocycles. The molecule has 6 nitrogen and oxygen atoms in total. The zero-order valence-electron chi connectivity index (χ0n) is 19.1. The molecule has 1 heterocycles. The SMILES string of the molecule is CCCNC(=O)c1cccc(CNC(=NC)NC2CC3(CCCC3)Oc3ccccc32)c1.